The van der Waals surface area contributed by atoms with E-state index in [0.29, 0.717) is 32.7 Å². The number of hydrogen-bond donors (Lipinski definition) is 0. The molecule has 0 aromatic heterocycles. The number of nitrogens with zero attached hydrogens (tertiary/aromatic N) is 2. The minimum Gasteiger partial charge on any atom is -0.381 e. The van der Waals surface area contributed by atoms with Gasteiger partial charge in [-0.15, -0.1) is 0 Å². The Morgan fingerprint density at radius 1 is 1.25 bits per heavy atom. The smallest absolute Gasteiger partial charge is 0.246 e. The van der Waals surface area contributed by atoms with Crippen molar-refractivity contribution in [2.75, 3.05) is 37.7 Å². The van der Waals surface area contributed by atoms with E-state index < -0.39 is 0 Å². The van der Waals surface area contributed by atoms with Crippen molar-refractivity contribution in [1.29, 1.82) is 0 Å². The lowest BCUT2D eigenvalue weighted by Crippen LogP contribution is -2.52. The van der Waals surface area contributed by atoms with Crippen molar-refractivity contribution in [3.8, 4) is 0 Å². The number of rotatable bonds is 5. The molecule has 0 atom stereocenters. The lowest BCUT2D eigenvalue weighted by molar-refractivity contribution is -0.137. The molecular weight excluding hydrogens is 256 g/mol. The number of ether oxygens (including phenoxy) is 1. The van der Waals surface area contributed by atoms with Crippen LogP contribution >= 0.6 is 0 Å². The van der Waals surface area contributed by atoms with Gasteiger partial charge < -0.3 is 14.5 Å². The fraction of sp³-hybridized carbons (Fsp3) is 0.467. The molecular formula is C15H20N2O3. The number of amides is 2. The van der Waals surface area contributed by atoms with Gasteiger partial charge in [0.1, 0.15) is 6.54 Å². The number of benzene rings is 1. The number of anilines is 1. The molecule has 1 saturated heterocycles. The van der Waals surface area contributed by atoms with Gasteiger partial charge in [-0.1, -0.05) is 18.2 Å². The molecule has 5 nitrogen and oxygen atoms in total. The van der Waals surface area contributed by atoms with E-state index in [1.165, 1.54) is 0 Å². The lowest BCUT2D eigenvalue weighted by atomic mass is 10.2. The van der Waals surface area contributed by atoms with E-state index in [4.69, 9.17) is 4.74 Å². The highest BCUT2D eigenvalue weighted by Gasteiger charge is 2.27. The van der Waals surface area contributed by atoms with Gasteiger partial charge in [-0.25, -0.2) is 0 Å². The number of carbonyl (C=O) groups excluding carboxylic acids is 2. The standard InChI is InChI=1S/C15H20N2O3/c1-2-20-11-8-14(18)16-9-10-17(15(19)12-16)13-6-4-3-5-7-13/h3-7H,2,8-12H2,1H3. The maximum absolute atomic E-state index is 12.1. The monoisotopic (exact) mass is 276 g/mol. The number of piperazine rings is 1. The van der Waals surface area contributed by atoms with Crippen LogP contribution in [0, 0.1) is 0 Å². The molecule has 0 unspecified atom stereocenters. The van der Waals surface area contributed by atoms with Crippen molar-refractivity contribution in [2.45, 2.75) is 13.3 Å². The molecule has 20 heavy (non-hydrogen) atoms. The van der Waals surface area contributed by atoms with Crippen LogP contribution < -0.4 is 4.90 Å². The first-order valence-electron chi connectivity index (χ1n) is 6.93. The molecule has 5 heteroatoms. The Balaban J connectivity index is 1.89. The van der Waals surface area contributed by atoms with Crippen LogP contribution in [-0.4, -0.2) is 49.6 Å². The summed E-state index contributed by atoms with van der Waals surface area (Å²) in [5.41, 5.74) is 0.888. The first-order chi connectivity index (χ1) is 9.72. The SMILES string of the molecule is CCOCCC(=O)N1CCN(c2ccccc2)C(=O)C1. The molecule has 108 valence electrons. The molecule has 2 rings (SSSR count). The normalized spacial score (nSPS) is 15.6. The summed E-state index contributed by atoms with van der Waals surface area (Å²) in [7, 11) is 0. The van der Waals surface area contributed by atoms with Gasteiger partial charge in [0.25, 0.3) is 0 Å². The van der Waals surface area contributed by atoms with Crippen molar-refractivity contribution in [1.82, 2.24) is 4.90 Å². The maximum Gasteiger partial charge on any atom is 0.246 e. The summed E-state index contributed by atoms with van der Waals surface area (Å²) in [4.78, 5) is 27.4. The minimum absolute atomic E-state index is 0.0143. The van der Waals surface area contributed by atoms with Crippen molar-refractivity contribution in [3.05, 3.63) is 30.3 Å². The van der Waals surface area contributed by atoms with E-state index in [1.807, 2.05) is 37.3 Å². The van der Waals surface area contributed by atoms with Crippen molar-refractivity contribution < 1.29 is 14.3 Å². The van der Waals surface area contributed by atoms with Crippen LogP contribution in [-0.2, 0) is 14.3 Å². The van der Waals surface area contributed by atoms with Crippen LogP contribution in [0.4, 0.5) is 5.69 Å². The summed E-state index contributed by atoms with van der Waals surface area (Å²) in [5, 5.41) is 0. The second-order valence-electron chi connectivity index (χ2n) is 4.64. The van der Waals surface area contributed by atoms with E-state index in [-0.39, 0.29) is 18.4 Å². The van der Waals surface area contributed by atoms with Gasteiger partial charge in [-0.05, 0) is 19.1 Å². The van der Waals surface area contributed by atoms with E-state index in [0.717, 1.165) is 5.69 Å². The fourth-order valence-electron chi connectivity index (χ4n) is 2.23. The third kappa shape index (κ3) is 3.57. The Bertz CT molecular complexity index is 461. The van der Waals surface area contributed by atoms with Gasteiger partial charge in [0.2, 0.25) is 11.8 Å². The van der Waals surface area contributed by atoms with Crippen LogP contribution in [0.2, 0.25) is 0 Å². The average molecular weight is 276 g/mol. The van der Waals surface area contributed by atoms with Gasteiger partial charge in [0.05, 0.1) is 13.0 Å². The van der Waals surface area contributed by atoms with Crippen molar-refractivity contribution >= 4 is 17.5 Å². The molecule has 0 saturated carbocycles. The summed E-state index contributed by atoms with van der Waals surface area (Å²) >= 11 is 0. The van der Waals surface area contributed by atoms with Crippen LogP contribution in [0.5, 0.6) is 0 Å². The second kappa shape index (κ2) is 7.05. The molecule has 0 N–H and O–H groups in total. The van der Waals surface area contributed by atoms with Crippen molar-refractivity contribution in [2.24, 2.45) is 0 Å². The largest absolute Gasteiger partial charge is 0.381 e. The zero-order valence-electron chi connectivity index (χ0n) is 11.7. The summed E-state index contributed by atoms with van der Waals surface area (Å²) in [6.45, 7) is 4.19. The Labute approximate surface area is 119 Å². The van der Waals surface area contributed by atoms with Crippen LogP contribution in [0.1, 0.15) is 13.3 Å². The zero-order valence-corrected chi connectivity index (χ0v) is 11.7. The van der Waals surface area contributed by atoms with E-state index in [9.17, 15) is 9.59 Å². The van der Waals surface area contributed by atoms with Crippen molar-refractivity contribution in [3.63, 3.8) is 0 Å². The molecule has 1 aromatic rings. The van der Waals surface area contributed by atoms with Crippen LogP contribution in [0.15, 0.2) is 30.3 Å². The Kier molecular flexibility index (Phi) is 5.12. The molecule has 1 aliphatic heterocycles. The summed E-state index contributed by atoms with van der Waals surface area (Å²) in [6.07, 6.45) is 0.340. The van der Waals surface area contributed by atoms with Gasteiger partial charge in [-0.2, -0.15) is 0 Å². The first-order valence-corrected chi connectivity index (χ1v) is 6.93. The van der Waals surface area contributed by atoms with E-state index in [1.54, 1.807) is 9.80 Å². The second-order valence-corrected chi connectivity index (χ2v) is 4.64. The summed E-state index contributed by atoms with van der Waals surface area (Å²) in [6, 6.07) is 9.54. The lowest BCUT2D eigenvalue weighted by Gasteiger charge is -2.34. The maximum atomic E-state index is 12.1. The number of para-hydroxylation sites is 1. The summed E-state index contributed by atoms with van der Waals surface area (Å²) in [5.74, 6) is -0.0493. The van der Waals surface area contributed by atoms with Crippen LogP contribution in [0.3, 0.4) is 0 Å². The third-order valence-electron chi connectivity index (χ3n) is 3.31. The Morgan fingerprint density at radius 2 is 2.00 bits per heavy atom. The topological polar surface area (TPSA) is 49.9 Å². The first kappa shape index (κ1) is 14.5. The van der Waals surface area contributed by atoms with Gasteiger partial charge in [0.15, 0.2) is 0 Å². The number of carbonyl (C=O) groups is 2. The molecule has 0 spiro atoms. The quantitative estimate of drug-likeness (QED) is 0.761. The molecule has 2 amide bonds. The molecule has 1 heterocycles. The van der Waals surface area contributed by atoms with Gasteiger partial charge in [0, 0.05) is 25.4 Å². The van der Waals surface area contributed by atoms with Crippen LogP contribution in [0.25, 0.3) is 0 Å². The third-order valence-corrected chi connectivity index (χ3v) is 3.31. The average Bonchev–Trinajstić information content (AvgIpc) is 2.48. The molecule has 0 radical (unpaired) electrons. The fourth-order valence-corrected chi connectivity index (χ4v) is 2.23. The zero-order chi connectivity index (χ0) is 14.4. The minimum atomic E-state index is -0.0350. The summed E-state index contributed by atoms with van der Waals surface area (Å²) < 4.78 is 5.17. The molecule has 0 bridgehead atoms. The molecule has 1 aliphatic rings. The predicted octanol–water partition coefficient (Wildman–Crippen LogP) is 1.29. The molecule has 0 aliphatic carbocycles. The molecule has 1 fully saturated rings. The molecule has 1 aromatic carbocycles. The Hall–Kier alpha value is -1.88. The Morgan fingerprint density at radius 3 is 2.65 bits per heavy atom. The highest BCUT2D eigenvalue weighted by molar-refractivity contribution is 5.97. The van der Waals surface area contributed by atoms with E-state index in [2.05, 4.69) is 0 Å². The van der Waals surface area contributed by atoms with Gasteiger partial charge >= 0.3 is 0 Å². The number of hydrogen-bond acceptors (Lipinski definition) is 3. The van der Waals surface area contributed by atoms with Gasteiger partial charge in [-0.3, -0.25) is 9.59 Å². The predicted molar refractivity (Wildman–Crippen MR) is 76.5 cm³/mol. The highest BCUT2D eigenvalue weighted by Crippen LogP contribution is 2.16. The van der Waals surface area contributed by atoms with E-state index >= 15 is 0 Å². The highest BCUT2D eigenvalue weighted by atomic mass is 16.5.